The summed E-state index contributed by atoms with van der Waals surface area (Å²) in [5.41, 5.74) is -0.963. The fourth-order valence-corrected chi connectivity index (χ4v) is 1.80. The number of amides is 1. The van der Waals surface area contributed by atoms with Crippen LogP contribution in [0.15, 0.2) is 18.2 Å². The average molecular weight is 296 g/mol. The predicted octanol–water partition coefficient (Wildman–Crippen LogP) is 1.66. The third-order valence-electron chi connectivity index (χ3n) is 2.51. The standard InChI is InChI=1S/C12H10ClN3O4/c1-15(2)12(18)7(6-14)11(17)10-8(13)4-3-5-9(10)16(19)20/h3-5,7H,1-2H3. The van der Waals surface area contributed by atoms with Crippen LogP contribution >= 0.6 is 11.6 Å². The van der Waals surface area contributed by atoms with Crippen LogP contribution < -0.4 is 0 Å². The summed E-state index contributed by atoms with van der Waals surface area (Å²) in [6.07, 6.45) is 0. The number of nitro benzene ring substituents is 1. The van der Waals surface area contributed by atoms with Gasteiger partial charge in [0.15, 0.2) is 11.7 Å². The summed E-state index contributed by atoms with van der Waals surface area (Å²) in [7, 11) is 2.75. The van der Waals surface area contributed by atoms with Gasteiger partial charge in [0, 0.05) is 20.2 Å². The second-order valence-electron chi connectivity index (χ2n) is 4.05. The lowest BCUT2D eigenvalue weighted by Crippen LogP contribution is -2.34. The number of rotatable bonds is 4. The molecule has 0 bridgehead atoms. The maximum Gasteiger partial charge on any atom is 0.281 e. The number of carbonyl (C=O) groups excluding carboxylic acids is 2. The minimum Gasteiger partial charge on any atom is -0.347 e. The predicted molar refractivity (Wildman–Crippen MR) is 70.2 cm³/mol. The molecule has 7 nitrogen and oxygen atoms in total. The second kappa shape index (κ2) is 6.12. The smallest absolute Gasteiger partial charge is 0.281 e. The molecule has 0 saturated heterocycles. The maximum atomic E-state index is 12.2. The Kier molecular flexibility index (Phi) is 4.78. The van der Waals surface area contributed by atoms with Crippen LogP contribution in [-0.2, 0) is 4.79 Å². The normalized spacial score (nSPS) is 11.3. The van der Waals surface area contributed by atoms with Crippen LogP contribution in [0.3, 0.4) is 0 Å². The Bertz CT molecular complexity index is 622. The maximum absolute atomic E-state index is 12.2. The molecule has 0 aliphatic rings. The number of ketones is 1. The Labute approximate surface area is 119 Å². The van der Waals surface area contributed by atoms with Gasteiger partial charge in [-0.1, -0.05) is 17.7 Å². The van der Waals surface area contributed by atoms with Crippen molar-refractivity contribution < 1.29 is 14.5 Å². The Morgan fingerprint density at radius 2 is 2.05 bits per heavy atom. The number of nitro groups is 1. The van der Waals surface area contributed by atoms with E-state index in [-0.39, 0.29) is 5.02 Å². The zero-order valence-corrected chi connectivity index (χ0v) is 11.4. The molecule has 0 aliphatic heterocycles. The Morgan fingerprint density at radius 1 is 1.45 bits per heavy atom. The van der Waals surface area contributed by atoms with E-state index in [0.717, 1.165) is 11.0 Å². The monoisotopic (exact) mass is 295 g/mol. The zero-order chi connectivity index (χ0) is 15.4. The molecule has 1 unspecified atom stereocenters. The van der Waals surface area contributed by atoms with Crippen molar-refractivity contribution in [3.05, 3.63) is 38.9 Å². The number of nitriles is 1. The van der Waals surface area contributed by atoms with Crippen molar-refractivity contribution in [2.24, 2.45) is 5.92 Å². The van der Waals surface area contributed by atoms with E-state index < -0.39 is 33.8 Å². The summed E-state index contributed by atoms with van der Waals surface area (Å²) >= 11 is 5.79. The molecule has 1 rings (SSSR count). The second-order valence-corrected chi connectivity index (χ2v) is 4.46. The number of halogens is 1. The highest BCUT2D eigenvalue weighted by Crippen LogP contribution is 2.29. The van der Waals surface area contributed by atoms with Gasteiger partial charge in [-0.2, -0.15) is 5.26 Å². The van der Waals surface area contributed by atoms with Gasteiger partial charge in [0.25, 0.3) is 5.69 Å². The van der Waals surface area contributed by atoms with Gasteiger partial charge in [-0.25, -0.2) is 0 Å². The number of hydrogen-bond acceptors (Lipinski definition) is 5. The van der Waals surface area contributed by atoms with Gasteiger partial charge in [0.2, 0.25) is 5.91 Å². The van der Waals surface area contributed by atoms with Crippen molar-refractivity contribution in [3.63, 3.8) is 0 Å². The van der Waals surface area contributed by atoms with E-state index in [2.05, 4.69) is 0 Å². The van der Waals surface area contributed by atoms with Crippen LogP contribution in [0.4, 0.5) is 5.69 Å². The third-order valence-corrected chi connectivity index (χ3v) is 2.83. The van der Waals surface area contributed by atoms with E-state index in [1.807, 2.05) is 0 Å². The van der Waals surface area contributed by atoms with Gasteiger partial charge < -0.3 is 4.90 Å². The Hall–Kier alpha value is -2.46. The molecule has 0 aliphatic carbocycles. The number of benzene rings is 1. The summed E-state index contributed by atoms with van der Waals surface area (Å²) in [5.74, 6) is -3.40. The molecule has 0 spiro atoms. The van der Waals surface area contributed by atoms with E-state index >= 15 is 0 Å². The van der Waals surface area contributed by atoms with Gasteiger partial charge in [0.1, 0.15) is 5.56 Å². The number of Topliss-reactive ketones (excluding diaryl/α,β-unsaturated/α-hetero) is 1. The van der Waals surface area contributed by atoms with E-state index in [1.165, 1.54) is 26.2 Å². The first-order valence-corrected chi connectivity index (χ1v) is 5.77. The van der Waals surface area contributed by atoms with Gasteiger partial charge >= 0.3 is 0 Å². The molecule has 1 aromatic carbocycles. The van der Waals surface area contributed by atoms with Crippen LogP contribution in [0.25, 0.3) is 0 Å². The van der Waals surface area contributed by atoms with Gasteiger partial charge in [-0.3, -0.25) is 19.7 Å². The number of hydrogen-bond donors (Lipinski definition) is 0. The number of carbonyl (C=O) groups is 2. The molecular weight excluding hydrogens is 286 g/mol. The van der Waals surface area contributed by atoms with Crippen molar-refractivity contribution in [2.45, 2.75) is 0 Å². The number of nitrogens with zero attached hydrogens (tertiary/aromatic N) is 3. The van der Waals surface area contributed by atoms with E-state index in [9.17, 15) is 19.7 Å². The molecule has 0 N–H and O–H groups in total. The molecule has 104 valence electrons. The summed E-state index contributed by atoms with van der Waals surface area (Å²) < 4.78 is 0. The van der Waals surface area contributed by atoms with Crippen LogP contribution in [0, 0.1) is 27.4 Å². The third kappa shape index (κ3) is 2.92. The van der Waals surface area contributed by atoms with Gasteiger partial charge in [-0.05, 0) is 6.07 Å². The minimum absolute atomic E-state index is 0.170. The SMILES string of the molecule is CN(C)C(=O)C(C#N)C(=O)c1c(Cl)cccc1[N+](=O)[O-]. The van der Waals surface area contributed by atoms with Crippen LogP contribution in [0.1, 0.15) is 10.4 Å². The summed E-state index contributed by atoms with van der Waals surface area (Å²) in [6, 6.07) is 5.24. The molecule has 1 atom stereocenters. The first kappa shape index (κ1) is 15.6. The van der Waals surface area contributed by atoms with E-state index in [0.29, 0.717) is 0 Å². The van der Waals surface area contributed by atoms with E-state index in [4.69, 9.17) is 16.9 Å². The van der Waals surface area contributed by atoms with Crippen molar-refractivity contribution in [1.29, 1.82) is 5.26 Å². The Morgan fingerprint density at radius 3 is 2.50 bits per heavy atom. The first-order chi connectivity index (χ1) is 9.31. The molecule has 0 radical (unpaired) electrons. The van der Waals surface area contributed by atoms with Gasteiger partial charge in [0.05, 0.1) is 16.0 Å². The van der Waals surface area contributed by atoms with Crippen LogP contribution in [0.2, 0.25) is 5.02 Å². The summed E-state index contributed by atoms with van der Waals surface area (Å²) in [4.78, 5) is 35.1. The molecule has 0 saturated carbocycles. The average Bonchev–Trinajstić information content (AvgIpc) is 2.38. The van der Waals surface area contributed by atoms with Gasteiger partial charge in [-0.15, -0.1) is 0 Å². The highest BCUT2D eigenvalue weighted by Gasteiger charge is 2.34. The van der Waals surface area contributed by atoms with Crippen molar-refractivity contribution >= 4 is 29.0 Å². The van der Waals surface area contributed by atoms with Crippen molar-refractivity contribution in [3.8, 4) is 6.07 Å². The van der Waals surface area contributed by atoms with Crippen LogP contribution in [-0.4, -0.2) is 35.6 Å². The van der Waals surface area contributed by atoms with Crippen molar-refractivity contribution in [2.75, 3.05) is 14.1 Å². The lowest BCUT2D eigenvalue weighted by molar-refractivity contribution is -0.385. The zero-order valence-electron chi connectivity index (χ0n) is 10.7. The first-order valence-electron chi connectivity index (χ1n) is 5.39. The molecule has 0 fully saturated rings. The molecule has 1 amide bonds. The van der Waals surface area contributed by atoms with Crippen LogP contribution in [0.5, 0.6) is 0 Å². The lowest BCUT2D eigenvalue weighted by Gasteiger charge is -2.14. The Balaban J connectivity index is 3.38. The topological polar surface area (TPSA) is 104 Å². The molecule has 0 aromatic heterocycles. The van der Waals surface area contributed by atoms with E-state index in [1.54, 1.807) is 6.07 Å². The fraction of sp³-hybridized carbons (Fsp3) is 0.250. The summed E-state index contributed by atoms with van der Waals surface area (Å²) in [5, 5.41) is 19.7. The minimum atomic E-state index is -1.66. The quantitative estimate of drug-likeness (QED) is 0.363. The highest BCUT2D eigenvalue weighted by atomic mass is 35.5. The molecule has 8 heteroatoms. The molecule has 1 aromatic rings. The lowest BCUT2D eigenvalue weighted by atomic mass is 9.96. The molecular formula is C12H10ClN3O4. The largest absolute Gasteiger partial charge is 0.347 e. The fourth-order valence-electron chi connectivity index (χ4n) is 1.54. The molecule has 0 heterocycles. The highest BCUT2D eigenvalue weighted by molar-refractivity contribution is 6.35. The summed E-state index contributed by atoms with van der Waals surface area (Å²) in [6.45, 7) is 0. The van der Waals surface area contributed by atoms with Crippen molar-refractivity contribution in [1.82, 2.24) is 4.90 Å². The molecule has 20 heavy (non-hydrogen) atoms.